The van der Waals surface area contributed by atoms with Crippen LogP contribution in [0.25, 0.3) is 0 Å². The summed E-state index contributed by atoms with van der Waals surface area (Å²) in [6, 6.07) is 9.47. The molecular weight excluding hydrogens is 379 g/mol. The van der Waals surface area contributed by atoms with E-state index in [1.807, 2.05) is 6.07 Å². The van der Waals surface area contributed by atoms with Crippen LogP contribution in [0.3, 0.4) is 0 Å². The van der Waals surface area contributed by atoms with Gasteiger partial charge in [-0.3, -0.25) is 0 Å². The minimum Gasteiger partial charge on any atom is -0.454 e. The molecule has 0 aliphatic heterocycles. The third-order valence-corrected chi connectivity index (χ3v) is 3.56. The van der Waals surface area contributed by atoms with Gasteiger partial charge in [-0.25, -0.2) is 4.39 Å². The molecule has 0 saturated heterocycles. The van der Waals surface area contributed by atoms with Crippen LogP contribution in [0.5, 0.6) is 11.5 Å². The second-order valence-electron chi connectivity index (χ2n) is 3.66. The zero-order chi connectivity index (χ0) is 14.0. The van der Waals surface area contributed by atoms with E-state index < -0.39 is 5.82 Å². The first-order valence-corrected chi connectivity index (χ1v) is 6.72. The fourth-order valence-corrected chi connectivity index (χ4v) is 2.22. The van der Waals surface area contributed by atoms with Gasteiger partial charge in [-0.05, 0) is 56.1 Å². The number of hydrogen-bond donors (Lipinski definition) is 1. The minimum atomic E-state index is -0.464. The summed E-state index contributed by atoms with van der Waals surface area (Å²) in [6.45, 7) is 0. The van der Waals surface area contributed by atoms with Crippen molar-refractivity contribution in [3.05, 3.63) is 50.7 Å². The van der Waals surface area contributed by atoms with Crippen molar-refractivity contribution in [1.82, 2.24) is 0 Å². The Kier molecular flexibility index (Phi) is 4.08. The van der Waals surface area contributed by atoms with Crippen molar-refractivity contribution in [1.29, 1.82) is 5.26 Å². The maximum absolute atomic E-state index is 13.4. The van der Waals surface area contributed by atoms with Crippen molar-refractivity contribution in [2.45, 2.75) is 0 Å². The maximum atomic E-state index is 13.4. The summed E-state index contributed by atoms with van der Waals surface area (Å²) in [5, 5.41) is 8.77. The molecule has 0 aliphatic carbocycles. The van der Waals surface area contributed by atoms with Gasteiger partial charge < -0.3 is 10.5 Å². The molecule has 0 saturated carbocycles. The van der Waals surface area contributed by atoms with E-state index in [1.54, 1.807) is 18.2 Å². The van der Waals surface area contributed by atoms with Crippen molar-refractivity contribution in [3.63, 3.8) is 0 Å². The second-order valence-corrected chi connectivity index (χ2v) is 5.37. The van der Waals surface area contributed by atoms with Crippen LogP contribution in [0.2, 0.25) is 0 Å². The lowest BCUT2D eigenvalue weighted by atomic mass is 10.2. The maximum Gasteiger partial charge on any atom is 0.153 e. The molecule has 0 spiro atoms. The highest BCUT2D eigenvalue weighted by atomic mass is 79.9. The molecule has 0 fully saturated rings. The van der Waals surface area contributed by atoms with Crippen LogP contribution in [0, 0.1) is 17.1 Å². The van der Waals surface area contributed by atoms with Gasteiger partial charge in [-0.15, -0.1) is 0 Å². The van der Waals surface area contributed by atoms with E-state index in [0.717, 1.165) is 0 Å². The monoisotopic (exact) mass is 384 g/mol. The Morgan fingerprint density at radius 3 is 2.47 bits per heavy atom. The summed E-state index contributed by atoms with van der Waals surface area (Å²) in [5.74, 6) is 0.201. The molecule has 0 radical (unpaired) electrons. The number of rotatable bonds is 2. The zero-order valence-corrected chi connectivity index (χ0v) is 12.6. The fourth-order valence-electron chi connectivity index (χ4n) is 1.40. The summed E-state index contributed by atoms with van der Waals surface area (Å²) in [4.78, 5) is 0. The number of halogens is 3. The molecule has 0 aliphatic rings. The van der Waals surface area contributed by atoms with Crippen molar-refractivity contribution < 1.29 is 9.13 Å². The molecule has 0 atom stereocenters. The average molecular weight is 386 g/mol. The number of nitrogen functional groups attached to an aromatic ring is 1. The highest BCUT2D eigenvalue weighted by Crippen LogP contribution is 2.35. The summed E-state index contributed by atoms with van der Waals surface area (Å²) < 4.78 is 19.8. The third-order valence-electron chi connectivity index (χ3n) is 2.33. The molecular formula is C13H7Br2FN2O. The molecule has 0 aromatic heterocycles. The lowest BCUT2D eigenvalue weighted by Crippen LogP contribution is -1.94. The van der Waals surface area contributed by atoms with Gasteiger partial charge in [0.1, 0.15) is 11.6 Å². The van der Waals surface area contributed by atoms with Crippen LogP contribution in [0.4, 0.5) is 10.1 Å². The minimum absolute atomic E-state index is 0.214. The Balaban J connectivity index is 2.37. The molecule has 2 aromatic rings. The molecule has 2 rings (SSSR count). The normalized spacial score (nSPS) is 10.0. The first kappa shape index (κ1) is 13.8. The standard InChI is InChI=1S/C13H7Br2FN2O/c14-8-4-11(18)13(5-10(8)16)19-12-2-1-7(6-17)3-9(12)15/h1-5H,18H2. The van der Waals surface area contributed by atoms with Gasteiger partial charge in [-0.1, -0.05) is 0 Å². The van der Waals surface area contributed by atoms with Gasteiger partial charge in [0.05, 0.1) is 26.3 Å². The van der Waals surface area contributed by atoms with E-state index in [2.05, 4.69) is 31.9 Å². The highest BCUT2D eigenvalue weighted by molar-refractivity contribution is 9.10. The van der Waals surface area contributed by atoms with Crippen molar-refractivity contribution in [2.75, 3.05) is 5.73 Å². The number of benzene rings is 2. The van der Waals surface area contributed by atoms with Crippen LogP contribution < -0.4 is 10.5 Å². The predicted octanol–water partition coefficient (Wildman–Crippen LogP) is 4.60. The molecule has 3 nitrogen and oxygen atoms in total. The lowest BCUT2D eigenvalue weighted by molar-refractivity contribution is 0.476. The molecule has 0 bridgehead atoms. The van der Waals surface area contributed by atoms with E-state index in [0.29, 0.717) is 21.5 Å². The predicted molar refractivity (Wildman–Crippen MR) is 77.4 cm³/mol. The van der Waals surface area contributed by atoms with Crippen LogP contribution in [-0.4, -0.2) is 0 Å². The number of nitrogens with two attached hydrogens (primary N) is 1. The lowest BCUT2D eigenvalue weighted by Gasteiger charge is -2.11. The Morgan fingerprint density at radius 1 is 1.11 bits per heavy atom. The Bertz CT molecular complexity index is 683. The van der Waals surface area contributed by atoms with E-state index in [9.17, 15) is 4.39 Å². The SMILES string of the molecule is N#Cc1ccc(Oc2cc(F)c(Br)cc2N)c(Br)c1. The number of ether oxygens (including phenoxy) is 1. The van der Waals surface area contributed by atoms with Crippen molar-refractivity contribution >= 4 is 37.5 Å². The summed E-state index contributed by atoms with van der Waals surface area (Å²) in [5.41, 5.74) is 6.56. The number of anilines is 1. The van der Waals surface area contributed by atoms with Crippen molar-refractivity contribution in [3.8, 4) is 17.6 Å². The number of hydrogen-bond acceptors (Lipinski definition) is 3. The first-order valence-electron chi connectivity index (χ1n) is 5.13. The topological polar surface area (TPSA) is 59.0 Å². The average Bonchev–Trinajstić information content (AvgIpc) is 2.38. The van der Waals surface area contributed by atoms with Crippen LogP contribution in [0.1, 0.15) is 5.56 Å². The van der Waals surface area contributed by atoms with Gasteiger partial charge >= 0.3 is 0 Å². The van der Waals surface area contributed by atoms with Gasteiger partial charge in [0.25, 0.3) is 0 Å². The van der Waals surface area contributed by atoms with Crippen LogP contribution in [-0.2, 0) is 0 Å². The Labute approximate surface area is 126 Å². The smallest absolute Gasteiger partial charge is 0.153 e. The summed E-state index contributed by atoms with van der Waals surface area (Å²) in [6.07, 6.45) is 0. The molecule has 0 heterocycles. The summed E-state index contributed by atoms with van der Waals surface area (Å²) in [7, 11) is 0. The fraction of sp³-hybridized carbons (Fsp3) is 0. The van der Waals surface area contributed by atoms with Gasteiger partial charge in [0.15, 0.2) is 5.75 Å². The molecule has 96 valence electrons. The van der Waals surface area contributed by atoms with E-state index in [-0.39, 0.29) is 10.2 Å². The first-order chi connectivity index (χ1) is 9.01. The molecule has 6 heteroatoms. The van der Waals surface area contributed by atoms with Gasteiger partial charge in [0, 0.05) is 6.07 Å². The second kappa shape index (κ2) is 5.59. The largest absolute Gasteiger partial charge is 0.454 e. The van der Waals surface area contributed by atoms with Gasteiger partial charge in [0.2, 0.25) is 0 Å². The Morgan fingerprint density at radius 2 is 1.84 bits per heavy atom. The van der Waals surface area contributed by atoms with E-state index >= 15 is 0 Å². The molecule has 0 amide bonds. The van der Waals surface area contributed by atoms with Gasteiger partial charge in [-0.2, -0.15) is 5.26 Å². The summed E-state index contributed by atoms with van der Waals surface area (Å²) >= 11 is 6.33. The van der Waals surface area contributed by atoms with Crippen molar-refractivity contribution in [2.24, 2.45) is 0 Å². The molecule has 0 unspecified atom stereocenters. The Hall–Kier alpha value is -1.58. The van der Waals surface area contributed by atoms with E-state index in [4.69, 9.17) is 15.7 Å². The third kappa shape index (κ3) is 3.06. The van der Waals surface area contributed by atoms with Crippen LogP contribution >= 0.6 is 31.9 Å². The number of nitriles is 1. The molecule has 2 aromatic carbocycles. The van der Waals surface area contributed by atoms with Crippen LogP contribution in [0.15, 0.2) is 39.3 Å². The highest BCUT2D eigenvalue weighted by Gasteiger charge is 2.10. The van der Waals surface area contributed by atoms with E-state index in [1.165, 1.54) is 12.1 Å². The molecule has 19 heavy (non-hydrogen) atoms. The number of nitrogens with zero attached hydrogens (tertiary/aromatic N) is 1. The zero-order valence-electron chi connectivity index (χ0n) is 9.45. The molecule has 2 N–H and O–H groups in total. The quantitative estimate of drug-likeness (QED) is 0.768.